The molecule has 130 valence electrons. The highest BCUT2D eigenvalue weighted by Crippen LogP contribution is 2.21. The molecule has 24 heavy (non-hydrogen) atoms. The predicted octanol–water partition coefficient (Wildman–Crippen LogP) is 2.02. The zero-order chi connectivity index (χ0) is 16.8. The molecule has 2 saturated heterocycles. The lowest BCUT2D eigenvalue weighted by Crippen LogP contribution is -2.42. The summed E-state index contributed by atoms with van der Waals surface area (Å²) in [5, 5.41) is 2.97. The van der Waals surface area contributed by atoms with Crippen molar-refractivity contribution in [2.75, 3.05) is 26.2 Å². The fraction of sp³-hybridized carbons (Fsp3) is 0.579. The molecule has 2 fully saturated rings. The maximum absolute atomic E-state index is 12.4. The molecule has 0 saturated carbocycles. The van der Waals surface area contributed by atoms with Gasteiger partial charge >= 0.3 is 0 Å². The highest BCUT2D eigenvalue weighted by molar-refractivity contribution is 5.96. The Hall–Kier alpha value is -1.72. The number of hydrogen-bond acceptors (Lipinski definition) is 4. The number of carbonyl (C=O) groups excluding carboxylic acids is 2. The van der Waals surface area contributed by atoms with Gasteiger partial charge in [-0.1, -0.05) is 30.3 Å². The Balaban J connectivity index is 1.46. The topological polar surface area (TPSA) is 58.6 Å². The molecule has 0 spiro atoms. The third-order valence-corrected chi connectivity index (χ3v) is 4.91. The first-order valence-corrected chi connectivity index (χ1v) is 8.93. The summed E-state index contributed by atoms with van der Waals surface area (Å²) in [6, 6.07) is 9.57. The highest BCUT2D eigenvalue weighted by Gasteiger charge is 2.28. The first kappa shape index (κ1) is 17.1. The van der Waals surface area contributed by atoms with E-state index in [0.29, 0.717) is 19.5 Å². The summed E-state index contributed by atoms with van der Waals surface area (Å²) in [5.41, 5.74) is 0.757. The molecular weight excluding hydrogens is 304 g/mol. The molecule has 0 unspecified atom stereocenters. The van der Waals surface area contributed by atoms with Gasteiger partial charge < -0.3 is 10.1 Å². The molecule has 1 aromatic carbocycles. The zero-order valence-electron chi connectivity index (χ0n) is 14.1. The van der Waals surface area contributed by atoms with Crippen molar-refractivity contribution in [3.05, 3.63) is 35.9 Å². The van der Waals surface area contributed by atoms with Gasteiger partial charge in [-0.05, 0) is 32.2 Å². The third-order valence-electron chi connectivity index (χ3n) is 4.91. The summed E-state index contributed by atoms with van der Waals surface area (Å²) in [6.07, 6.45) is 4.80. The lowest BCUT2D eigenvalue weighted by Gasteiger charge is -2.23. The van der Waals surface area contributed by atoms with Crippen LogP contribution in [0.25, 0.3) is 0 Å². The average molecular weight is 330 g/mol. The van der Waals surface area contributed by atoms with Gasteiger partial charge in [0.05, 0.1) is 12.6 Å². The lowest BCUT2D eigenvalue weighted by atomic mass is 10.0. The van der Waals surface area contributed by atoms with Crippen LogP contribution in [0.4, 0.5) is 0 Å². The van der Waals surface area contributed by atoms with Crippen LogP contribution in [-0.2, 0) is 9.53 Å². The molecule has 2 aliphatic rings. The molecule has 2 heterocycles. The number of carbonyl (C=O) groups is 2. The minimum absolute atomic E-state index is 0.0320. The predicted molar refractivity (Wildman–Crippen MR) is 92.0 cm³/mol. The van der Waals surface area contributed by atoms with Crippen molar-refractivity contribution in [2.24, 2.45) is 0 Å². The number of nitrogens with zero attached hydrogens (tertiary/aromatic N) is 1. The molecule has 5 heteroatoms. The number of likely N-dealkylation sites (tertiary alicyclic amines) is 1. The summed E-state index contributed by atoms with van der Waals surface area (Å²) in [6.45, 7) is 2.66. The van der Waals surface area contributed by atoms with Crippen LogP contribution in [0, 0.1) is 0 Å². The minimum atomic E-state index is 0.0320. The van der Waals surface area contributed by atoms with E-state index in [0.717, 1.165) is 44.4 Å². The van der Waals surface area contributed by atoms with E-state index in [9.17, 15) is 9.59 Å². The SMILES string of the molecule is O=C(CN1CCC[C@H]1CC(=O)c1ccccc1)NC[C@@H]1CCCO1. The molecule has 0 aromatic heterocycles. The van der Waals surface area contributed by atoms with Crippen molar-refractivity contribution < 1.29 is 14.3 Å². The average Bonchev–Trinajstić information content (AvgIpc) is 3.26. The first-order valence-electron chi connectivity index (χ1n) is 8.93. The van der Waals surface area contributed by atoms with Crippen molar-refractivity contribution in [2.45, 2.75) is 44.2 Å². The molecule has 0 aliphatic carbocycles. The van der Waals surface area contributed by atoms with Crippen molar-refractivity contribution in [1.29, 1.82) is 0 Å². The summed E-state index contributed by atoms with van der Waals surface area (Å²) in [5.74, 6) is 0.192. The Labute approximate surface area is 143 Å². The van der Waals surface area contributed by atoms with E-state index in [1.807, 2.05) is 30.3 Å². The molecular formula is C19H26N2O3. The van der Waals surface area contributed by atoms with E-state index in [1.54, 1.807) is 0 Å². The van der Waals surface area contributed by atoms with Crippen molar-refractivity contribution in [3.8, 4) is 0 Å². The van der Waals surface area contributed by atoms with E-state index in [1.165, 1.54) is 0 Å². The molecule has 0 radical (unpaired) electrons. The first-order chi connectivity index (χ1) is 11.7. The number of rotatable bonds is 7. The fourth-order valence-corrected chi connectivity index (χ4v) is 3.56. The Morgan fingerprint density at radius 2 is 2.00 bits per heavy atom. The second kappa shape index (κ2) is 8.40. The van der Waals surface area contributed by atoms with Gasteiger partial charge in [0, 0.05) is 31.2 Å². The Bertz CT molecular complexity index is 555. The largest absolute Gasteiger partial charge is 0.376 e. The summed E-state index contributed by atoms with van der Waals surface area (Å²) in [4.78, 5) is 26.7. The number of nitrogens with one attached hydrogen (secondary N) is 1. The van der Waals surface area contributed by atoms with Crippen LogP contribution in [0.2, 0.25) is 0 Å². The van der Waals surface area contributed by atoms with Crippen molar-refractivity contribution in [1.82, 2.24) is 10.2 Å². The molecule has 2 atom stereocenters. The van der Waals surface area contributed by atoms with E-state index < -0.39 is 0 Å². The van der Waals surface area contributed by atoms with E-state index in [4.69, 9.17) is 4.74 Å². The van der Waals surface area contributed by atoms with Crippen LogP contribution < -0.4 is 5.32 Å². The number of ether oxygens (including phenoxy) is 1. The lowest BCUT2D eigenvalue weighted by molar-refractivity contribution is -0.123. The van der Waals surface area contributed by atoms with Gasteiger partial charge in [0.1, 0.15) is 0 Å². The smallest absolute Gasteiger partial charge is 0.234 e. The molecule has 2 aliphatic heterocycles. The quantitative estimate of drug-likeness (QED) is 0.777. The maximum Gasteiger partial charge on any atom is 0.234 e. The van der Waals surface area contributed by atoms with Crippen LogP contribution in [0.3, 0.4) is 0 Å². The van der Waals surface area contributed by atoms with Gasteiger partial charge in [-0.25, -0.2) is 0 Å². The number of ketones is 1. The Morgan fingerprint density at radius 1 is 1.17 bits per heavy atom. The Morgan fingerprint density at radius 3 is 2.75 bits per heavy atom. The number of amides is 1. The van der Waals surface area contributed by atoms with E-state index >= 15 is 0 Å². The van der Waals surface area contributed by atoms with Gasteiger partial charge in [0.2, 0.25) is 5.91 Å². The van der Waals surface area contributed by atoms with Gasteiger partial charge in [-0.3, -0.25) is 14.5 Å². The van der Waals surface area contributed by atoms with Crippen LogP contribution in [-0.4, -0.2) is 55.0 Å². The highest BCUT2D eigenvalue weighted by atomic mass is 16.5. The summed E-state index contributed by atoms with van der Waals surface area (Å²) >= 11 is 0. The second-order valence-corrected chi connectivity index (χ2v) is 6.70. The number of hydrogen-bond donors (Lipinski definition) is 1. The molecule has 5 nitrogen and oxygen atoms in total. The summed E-state index contributed by atoms with van der Waals surface area (Å²) < 4.78 is 5.52. The van der Waals surface area contributed by atoms with Crippen LogP contribution in [0.5, 0.6) is 0 Å². The van der Waals surface area contributed by atoms with Crippen molar-refractivity contribution in [3.63, 3.8) is 0 Å². The number of benzene rings is 1. The molecule has 1 aromatic rings. The standard InChI is InChI=1S/C19H26N2O3/c22-18(15-6-2-1-3-7-15)12-16-8-4-10-21(16)14-19(23)20-13-17-9-5-11-24-17/h1-3,6-7,16-17H,4-5,8-14H2,(H,20,23)/t16-,17-/m0/s1. The van der Waals surface area contributed by atoms with Crippen LogP contribution >= 0.6 is 0 Å². The van der Waals surface area contributed by atoms with Crippen LogP contribution in [0.15, 0.2) is 30.3 Å². The van der Waals surface area contributed by atoms with Crippen molar-refractivity contribution >= 4 is 11.7 Å². The second-order valence-electron chi connectivity index (χ2n) is 6.70. The zero-order valence-corrected chi connectivity index (χ0v) is 14.1. The third kappa shape index (κ3) is 4.65. The molecule has 1 N–H and O–H groups in total. The molecule has 1 amide bonds. The van der Waals surface area contributed by atoms with Gasteiger partial charge in [0.15, 0.2) is 5.78 Å². The molecule has 0 bridgehead atoms. The van der Waals surface area contributed by atoms with Gasteiger partial charge in [-0.2, -0.15) is 0 Å². The minimum Gasteiger partial charge on any atom is -0.376 e. The molecule has 3 rings (SSSR count). The number of Topliss-reactive ketones (excluding diaryl/α,β-unsaturated/α-hetero) is 1. The monoisotopic (exact) mass is 330 g/mol. The van der Waals surface area contributed by atoms with E-state index in [2.05, 4.69) is 10.2 Å². The Kier molecular flexibility index (Phi) is 5.99. The van der Waals surface area contributed by atoms with Crippen LogP contribution in [0.1, 0.15) is 42.5 Å². The fourth-order valence-electron chi connectivity index (χ4n) is 3.56. The summed E-state index contributed by atoms with van der Waals surface area (Å²) in [7, 11) is 0. The van der Waals surface area contributed by atoms with Gasteiger partial charge in [0.25, 0.3) is 0 Å². The maximum atomic E-state index is 12.4. The normalized spacial score (nSPS) is 24.2. The van der Waals surface area contributed by atoms with Gasteiger partial charge in [-0.15, -0.1) is 0 Å². The van der Waals surface area contributed by atoms with E-state index in [-0.39, 0.29) is 23.8 Å².